The van der Waals surface area contributed by atoms with E-state index in [1.165, 1.54) is 0 Å². The van der Waals surface area contributed by atoms with Crippen molar-refractivity contribution in [3.05, 3.63) is 65.7 Å². The van der Waals surface area contributed by atoms with Gasteiger partial charge in [-0.15, -0.1) is 5.10 Å². The summed E-state index contributed by atoms with van der Waals surface area (Å²) >= 11 is -1.39. The standard InChI is InChI=1S/C25H33F2N5O2S/c1-5-31-19(2)15-30(16-20(31)3)35(33)32(23-9-7-6-8-10-23)17-21-11-13-22(14-12-21)25(29-28-4)34-18-24(26)27/h6-14,19-20,24H,4-5,15-18H2,1-3H3/b29-25-. The molecule has 0 amide bonds. The summed E-state index contributed by atoms with van der Waals surface area (Å²) in [4.78, 5) is 2.42. The van der Waals surface area contributed by atoms with Gasteiger partial charge in [0.2, 0.25) is 5.90 Å². The van der Waals surface area contributed by atoms with Crippen LogP contribution in [0.4, 0.5) is 14.5 Å². The summed E-state index contributed by atoms with van der Waals surface area (Å²) in [5.41, 5.74) is 2.26. The number of para-hydroxylation sites is 1. The van der Waals surface area contributed by atoms with Crippen molar-refractivity contribution < 1.29 is 17.7 Å². The first kappa shape index (κ1) is 26.9. The highest BCUT2D eigenvalue weighted by molar-refractivity contribution is 7.84. The van der Waals surface area contributed by atoms with Gasteiger partial charge in [-0.1, -0.05) is 37.3 Å². The van der Waals surface area contributed by atoms with Gasteiger partial charge in [-0.3, -0.25) is 9.21 Å². The van der Waals surface area contributed by atoms with Crippen LogP contribution in [0, 0.1) is 0 Å². The molecule has 0 N–H and O–H groups in total. The van der Waals surface area contributed by atoms with E-state index >= 15 is 0 Å². The molecule has 1 saturated heterocycles. The average molecular weight is 506 g/mol. The summed E-state index contributed by atoms with van der Waals surface area (Å²) < 4.78 is 47.9. The fourth-order valence-electron chi connectivity index (χ4n) is 4.32. The van der Waals surface area contributed by atoms with E-state index in [1.807, 2.05) is 51.1 Å². The Morgan fingerprint density at radius 1 is 1.14 bits per heavy atom. The van der Waals surface area contributed by atoms with Crippen LogP contribution in [-0.4, -0.2) is 70.8 Å². The highest BCUT2D eigenvalue weighted by Crippen LogP contribution is 2.24. The topological polar surface area (TPSA) is 60.7 Å². The molecule has 0 spiro atoms. The predicted octanol–water partition coefficient (Wildman–Crippen LogP) is 4.33. The van der Waals surface area contributed by atoms with Gasteiger partial charge in [0.25, 0.3) is 6.43 Å². The number of hydrogen-bond acceptors (Lipinski definition) is 5. The Labute approximate surface area is 208 Å². The van der Waals surface area contributed by atoms with Crippen LogP contribution >= 0.6 is 0 Å². The molecule has 0 bridgehead atoms. The van der Waals surface area contributed by atoms with Crippen molar-refractivity contribution in [3.63, 3.8) is 0 Å². The van der Waals surface area contributed by atoms with Crippen molar-refractivity contribution in [2.24, 2.45) is 10.2 Å². The van der Waals surface area contributed by atoms with Gasteiger partial charge in [0.05, 0.1) is 12.2 Å². The maximum Gasteiger partial charge on any atom is 0.272 e. The Balaban J connectivity index is 1.81. The number of benzene rings is 2. The quantitative estimate of drug-likeness (QED) is 0.274. The van der Waals surface area contributed by atoms with Crippen molar-refractivity contribution >= 4 is 29.5 Å². The van der Waals surface area contributed by atoms with E-state index < -0.39 is 24.2 Å². The lowest BCUT2D eigenvalue weighted by atomic mass is 10.1. The number of alkyl halides is 2. The third-order valence-electron chi connectivity index (χ3n) is 5.92. The first-order chi connectivity index (χ1) is 16.8. The minimum atomic E-state index is -2.62. The Morgan fingerprint density at radius 3 is 2.31 bits per heavy atom. The number of anilines is 1. The molecule has 3 unspecified atom stereocenters. The Bertz CT molecular complexity index is 995. The largest absolute Gasteiger partial charge is 0.470 e. The highest BCUT2D eigenvalue weighted by atomic mass is 32.2. The number of likely N-dealkylation sites (N-methyl/N-ethyl adjacent to an activating group) is 1. The second-order valence-electron chi connectivity index (χ2n) is 8.42. The Hall–Kier alpha value is -2.69. The van der Waals surface area contributed by atoms with Crippen LogP contribution in [0.1, 0.15) is 31.9 Å². The molecule has 1 aliphatic rings. The van der Waals surface area contributed by atoms with Crippen LogP contribution in [0.3, 0.4) is 0 Å². The Kier molecular flexibility index (Phi) is 9.88. The third-order valence-corrected chi connectivity index (χ3v) is 7.38. The summed E-state index contributed by atoms with van der Waals surface area (Å²) in [7, 11) is 0. The second kappa shape index (κ2) is 12.9. The van der Waals surface area contributed by atoms with Crippen molar-refractivity contribution in [2.75, 3.05) is 30.5 Å². The van der Waals surface area contributed by atoms with E-state index in [0.717, 1.165) is 17.8 Å². The van der Waals surface area contributed by atoms with E-state index in [-0.39, 0.29) is 5.90 Å². The van der Waals surface area contributed by atoms with Crippen LogP contribution in [-0.2, 0) is 22.5 Å². The molecule has 0 saturated carbocycles. The normalized spacial score (nSPS) is 20.6. The van der Waals surface area contributed by atoms with Crippen molar-refractivity contribution in [1.29, 1.82) is 0 Å². The summed E-state index contributed by atoms with van der Waals surface area (Å²) in [5.74, 6) is -0.0212. The maximum absolute atomic E-state index is 13.8. The summed E-state index contributed by atoms with van der Waals surface area (Å²) in [6.45, 7) is 11.8. The van der Waals surface area contributed by atoms with Gasteiger partial charge in [0.15, 0.2) is 17.8 Å². The lowest BCUT2D eigenvalue weighted by Gasteiger charge is -2.44. The molecular formula is C25H33F2N5O2S. The van der Waals surface area contributed by atoms with Gasteiger partial charge in [0.1, 0.15) is 0 Å². The average Bonchev–Trinajstić information content (AvgIpc) is 2.85. The molecule has 2 aromatic rings. The van der Waals surface area contributed by atoms with Gasteiger partial charge in [-0.25, -0.2) is 17.3 Å². The Morgan fingerprint density at radius 2 is 1.77 bits per heavy atom. The van der Waals surface area contributed by atoms with Gasteiger partial charge < -0.3 is 4.74 Å². The van der Waals surface area contributed by atoms with Crippen LogP contribution in [0.2, 0.25) is 0 Å². The van der Waals surface area contributed by atoms with E-state index in [1.54, 1.807) is 12.1 Å². The van der Waals surface area contributed by atoms with Gasteiger partial charge >= 0.3 is 0 Å². The zero-order valence-electron chi connectivity index (χ0n) is 20.4. The van der Waals surface area contributed by atoms with Gasteiger partial charge in [-0.2, -0.15) is 5.10 Å². The number of halogens is 2. The monoisotopic (exact) mass is 505 g/mol. The smallest absolute Gasteiger partial charge is 0.272 e. The fraction of sp³-hybridized carbons (Fsp3) is 0.440. The predicted molar refractivity (Wildman–Crippen MR) is 138 cm³/mol. The summed E-state index contributed by atoms with van der Waals surface area (Å²) in [6, 6.07) is 17.4. The molecule has 0 aliphatic carbocycles. The van der Waals surface area contributed by atoms with Crippen molar-refractivity contribution in [3.8, 4) is 0 Å². The molecular weight excluding hydrogens is 472 g/mol. The minimum absolute atomic E-state index is 0.0212. The summed E-state index contributed by atoms with van der Waals surface area (Å²) in [5, 5.41) is 7.14. The summed E-state index contributed by atoms with van der Waals surface area (Å²) in [6.07, 6.45) is -2.62. The molecule has 3 atom stereocenters. The van der Waals surface area contributed by atoms with E-state index in [9.17, 15) is 13.0 Å². The molecule has 0 aromatic heterocycles. The molecule has 35 heavy (non-hydrogen) atoms. The number of piperazine rings is 1. The molecule has 0 radical (unpaired) electrons. The molecule has 10 heteroatoms. The van der Waals surface area contributed by atoms with Crippen LogP contribution in [0.15, 0.2) is 64.8 Å². The lowest BCUT2D eigenvalue weighted by Crippen LogP contribution is -2.58. The molecule has 1 heterocycles. The zero-order chi connectivity index (χ0) is 25.4. The van der Waals surface area contributed by atoms with Crippen LogP contribution in [0.5, 0.6) is 0 Å². The SMILES string of the molecule is C=N/N=C(\OCC(F)F)c1ccc(CN(c2ccccc2)S(=O)N2CC(C)N(CC)C(C)C2)cc1. The van der Waals surface area contributed by atoms with Crippen LogP contribution < -0.4 is 4.31 Å². The lowest BCUT2D eigenvalue weighted by molar-refractivity contribution is 0.0765. The zero-order valence-corrected chi connectivity index (χ0v) is 21.2. The molecule has 190 valence electrons. The number of rotatable bonds is 10. The highest BCUT2D eigenvalue weighted by Gasteiger charge is 2.33. The van der Waals surface area contributed by atoms with Gasteiger partial charge in [-0.05, 0) is 50.2 Å². The third kappa shape index (κ3) is 7.16. The first-order valence-corrected chi connectivity index (χ1v) is 12.7. The van der Waals surface area contributed by atoms with Crippen molar-refractivity contribution in [1.82, 2.24) is 9.21 Å². The second-order valence-corrected chi connectivity index (χ2v) is 9.84. The van der Waals surface area contributed by atoms with Gasteiger partial charge in [0, 0.05) is 37.5 Å². The maximum atomic E-state index is 13.8. The molecule has 7 nitrogen and oxygen atoms in total. The molecule has 3 rings (SSSR count). The van der Waals surface area contributed by atoms with E-state index in [4.69, 9.17) is 4.74 Å². The molecule has 1 aliphatic heterocycles. The van der Waals surface area contributed by atoms with Crippen molar-refractivity contribution in [2.45, 2.75) is 45.8 Å². The number of ether oxygens (including phenoxy) is 1. The van der Waals surface area contributed by atoms with E-state index in [2.05, 4.69) is 42.6 Å². The first-order valence-electron chi connectivity index (χ1n) is 11.6. The van der Waals surface area contributed by atoms with E-state index in [0.29, 0.717) is 37.3 Å². The minimum Gasteiger partial charge on any atom is -0.470 e. The number of hydrogen-bond donors (Lipinski definition) is 0. The van der Waals surface area contributed by atoms with Crippen LogP contribution in [0.25, 0.3) is 0 Å². The molecule has 1 fully saturated rings. The fourth-order valence-corrected chi connectivity index (χ4v) is 5.85. The molecule has 2 aromatic carbocycles. The number of nitrogens with zero attached hydrogens (tertiary/aromatic N) is 5.